The van der Waals surface area contributed by atoms with E-state index in [4.69, 9.17) is 0 Å². The first-order valence-corrected chi connectivity index (χ1v) is 8.20. The van der Waals surface area contributed by atoms with Crippen LogP contribution in [0.5, 0.6) is 0 Å². The van der Waals surface area contributed by atoms with Gasteiger partial charge in [0, 0.05) is 5.38 Å². The summed E-state index contributed by atoms with van der Waals surface area (Å²) in [6, 6.07) is 6.72. The molecule has 3 nitrogen and oxygen atoms in total. The molecule has 0 bridgehead atoms. The summed E-state index contributed by atoms with van der Waals surface area (Å²) in [6.07, 6.45) is 5.84. The Bertz CT molecular complexity index is 844. The maximum atomic E-state index is 11.4. The van der Waals surface area contributed by atoms with Crippen molar-refractivity contribution in [1.82, 2.24) is 9.38 Å². The van der Waals surface area contributed by atoms with E-state index in [-0.39, 0.29) is 0 Å². The molecule has 0 spiro atoms. The van der Waals surface area contributed by atoms with Gasteiger partial charge < -0.3 is 0 Å². The highest BCUT2D eigenvalue weighted by Crippen LogP contribution is 2.31. The predicted molar refractivity (Wildman–Crippen MR) is 85.3 cm³/mol. The summed E-state index contributed by atoms with van der Waals surface area (Å²) in [5.74, 6) is 0. The Hall–Kier alpha value is -1.94. The predicted octanol–water partition coefficient (Wildman–Crippen LogP) is 4.06. The maximum Gasteiger partial charge on any atom is 0.194 e. The highest BCUT2D eigenvalue weighted by atomic mass is 32.1. The first-order chi connectivity index (χ1) is 10.3. The van der Waals surface area contributed by atoms with E-state index in [0.29, 0.717) is 5.69 Å². The van der Waals surface area contributed by atoms with Crippen LogP contribution in [0.2, 0.25) is 0 Å². The van der Waals surface area contributed by atoms with Crippen LogP contribution in [-0.4, -0.2) is 15.7 Å². The summed E-state index contributed by atoms with van der Waals surface area (Å²) in [6.45, 7) is 1.89. The number of aromatic nitrogens is 2. The minimum Gasteiger partial charge on any atom is -0.296 e. The van der Waals surface area contributed by atoms with Gasteiger partial charge in [-0.05, 0) is 55.4 Å². The highest BCUT2D eigenvalue weighted by Gasteiger charge is 2.16. The minimum absolute atomic E-state index is 0.666. The summed E-state index contributed by atoms with van der Waals surface area (Å²) in [7, 11) is 0. The molecular weight excluding hydrogens is 280 g/mol. The Kier molecular flexibility index (Phi) is 2.93. The standard InChI is InChI=1S/C17H16N2OS/c1-11-15(9-20)19-16(10-21-17(19)18-11)14-7-6-12-4-2-3-5-13(12)8-14/h6-10H,2-5H2,1H3. The fourth-order valence-corrected chi connectivity index (χ4v) is 4.17. The molecule has 2 aromatic heterocycles. The molecule has 3 aromatic rings. The summed E-state index contributed by atoms with van der Waals surface area (Å²) >= 11 is 1.59. The van der Waals surface area contributed by atoms with Crippen molar-refractivity contribution in [2.24, 2.45) is 0 Å². The number of fused-ring (bicyclic) bond motifs is 2. The lowest BCUT2D eigenvalue weighted by atomic mass is 9.90. The number of imidazole rings is 1. The molecule has 1 aliphatic rings. The van der Waals surface area contributed by atoms with Gasteiger partial charge in [0.25, 0.3) is 0 Å². The normalized spacial score (nSPS) is 14.3. The van der Waals surface area contributed by atoms with Gasteiger partial charge in [0.2, 0.25) is 0 Å². The van der Waals surface area contributed by atoms with Gasteiger partial charge in [0.1, 0.15) is 5.69 Å². The Morgan fingerprint density at radius 3 is 2.86 bits per heavy atom. The van der Waals surface area contributed by atoms with Crippen LogP contribution in [0.3, 0.4) is 0 Å². The van der Waals surface area contributed by atoms with E-state index in [1.807, 2.05) is 11.3 Å². The molecule has 0 saturated carbocycles. The fourth-order valence-electron chi connectivity index (χ4n) is 3.22. The van der Waals surface area contributed by atoms with E-state index in [0.717, 1.165) is 22.6 Å². The van der Waals surface area contributed by atoms with Crippen molar-refractivity contribution >= 4 is 22.6 Å². The molecule has 0 amide bonds. The summed E-state index contributed by atoms with van der Waals surface area (Å²) in [5.41, 5.74) is 6.67. The molecule has 0 N–H and O–H groups in total. The van der Waals surface area contributed by atoms with Crippen molar-refractivity contribution in [1.29, 1.82) is 0 Å². The van der Waals surface area contributed by atoms with Crippen LogP contribution in [0.25, 0.3) is 16.2 Å². The number of benzene rings is 1. The van der Waals surface area contributed by atoms with Crippen molar-refractivity contribution in [3.8, 4) is 11.3 Å². The zero-order valence-electron chi connectivity index (χ0n) is 11.9. The van der Waals surface area contributed by atoms with E-state index in [1.54, 1.807) is 11.3 Å². The van der Waals surface area contributed by atoms with Gasteiger partial charge >= 0.3 is 0 Å². The quantitative estimate of drug-likeness (QED) is 0.668. The van der Waals surface area contributed by atoms with Crippen molar-refractivity contribution < 1.29 is 4.79 Å². The molecule has 1 aromatic carbocycles. The number of aryl methyl sites for hydroxylation is 3. The molecule has 0 atom stereocenters. The summed E-state index contributed by atoms with van der Waals surface area (Å²) < 4.78 is 1.98. The van der Waals surface area contributed by atoms with Gasteiger partial charge in [-0.1, -0.05) is 12.1 Å². The third-order valence-corrected chi connectivity index (χ3v) is 5.16. The molecule has 0 radical (unpaired) electrons. The Morgan fingerprint density at radius 2 is 2.05 bits per heavy atom. The zero-order valence-corrected chi connectivity index (χ0v) is 12.7. The smallest absolute Gasteiger partial charge is 0.194 e. The van der Waals surface area contributed by atoms with E-state index in [9.17, 15) is 4.79 Å². The van der Waals surface area contributed by atoms with Gasteiger partial charge in [-0.2, -0.15) is 0 Å². The van der Waals surface area contributed by atoms with E-state index >= 15 is 0 Å². The topological polar surface area (TPSA) is 34.4 Å². The SMILES string of the molecule is Cc1nc2scc(-c3ccc4c(c3)CCCC4)n2c1C=O. The molecule has 4 rings (SSSR count). The van der Waals surface area contributed by atoms with Gasteiger partial charge in [-0.25, -0.2) is 4.98 Å². The van der Waals surface area contributed by atoms with Gasteiger partial charge in [-0.3, -0.25) is 9.20 Å². The van der Waals surface area contributed by atoms with Crippen LogP contribution >= 0.6 is 11.3 Å². The van der Waals surface area contributed by atoms with Gasteiger partial charge in [0.05, 0.1) is 11.4 Å². The largest absolute Gasteiger partial charge is 0.296 e. The van der Waals surface area contributed by atoms with E-state index < -0.39 is 0 Å². The molecule has 1 aliphatic carbocycles. The molecular formula is C17H16N2OS. The first-order valence-electron chi connectivity index (χ1n) is 7.32. The fraction of sp³-hybridized carbons (Fsp3) is 0.294. The number of carbonyl (C=O) groups is 1. The number of aldehydes is 1. The minimum atomic E-state index is 0.666. The first kappa shape index (κ1) is 12.8. The Morgan fingerprint density at radius 1 is 1.24 bits per heavy atom. The highest BCUT2D eigenvalue weighted by molar-refractivity contribution is 7.15. The molecule has 4 heteroatoms. The van der Waals surface area contributed by atoms with Crippen LogP contribution in [-0.2, 0) is 12.8 Å². The molecule has 106 valence electrons. The number of carbonyl (C=O) groups excluding carboxylic acids is 1. The molecule has 0 aliphatic heterocycles. The average molecular weight is 296 g/mol. The van der Waals surface area contributed by atoms with Crippen molar-refractivity contribution in [2.75, 3.05) is 0 Å². The van der Waals surface area contributed by atoms with E-state index in [2.05, 4.69) is 28.6 Å². The molecule has 0 saturated heterocycles. The van der Waals surface area contributed by atoms with Crippen molar-refractivity contribution in [2.45, 2.75) is 32.6 Å². The number of nitrogens with zero attached hydrogens (tertiary/aromatic N) is 2. The monoisotopic (exact) mass is 296 g/mol. The molecule has 2 heterocycles. The molecule has 21 heavy (non-hydrogen) atoms. The second-order valence-electron chi connectivity index (χ2n) is 5.63. The lowest BCUT2D eigenvalue weighted by Gasteiger charge is -2.16. The maximum absolute atomic E-state index is 11.4. The Labute approximate surface area is 127 Å². The molecule has 0 fully saturated rings. The van der Waals surface area contributed by atoms with E-state index in [1.165, 1.54) is 42.4 Å². The van der Waals surface area contributed by atoms with Crippen LogP contribution < -0.4 is 0 Å². The van der Waals surface area contributed by atoms with Crippen molar-refractivity contribution in [3.63, 3.8) is 0 Å². The van der Waals surface area contributed by atoms with Gasteiger partial charge in [0.15, 0.2) is 11.2 Å². The average Bonchev–Trinajstić information content (AvgIpc) is 3.04. The molecule has 0 unspecified atom stereocenters. The van der Waals surface area contributed by atoms with Gasteiger partial charge in [-0.15, -0.1) is 11.3 Å². The number of hydrogen-bond donors (Lipinski definition) is 0. The third-order valence-electron chi connectivity index (χ3n) is 4.34. The Balaban J connectivity index is 1.92. The number of rotatable bonds is 2. The third kappa shape index (κ3) is 1.94. The second-order valence-corrected chi connectivity index (χ2v) is 6.47. The lowest BCUT2D eigenvalue weighted by molar-refractivity contribution is 0.111. The van der Waals surface area contributed by atoms with Crippen LogP contribution in [0.4, 0.5) is 0 Å². The van der Waals surface area contributed by atoms with Crippen LogP contribution in [0.15, 0.2) is 23.6 Å². The van der Waals surface area contributed by atoms with Crippen LogP contribution in [0.1, 0.15) is 40.2 Å². The second kappa shape index (κ2) is 4.81. The summed E-state index contributed by atoms with van der Waals surface area (Å²) in [5, 5.41) is 2.10. The van der Waals surface area contributed by atoms with Crippen molar-refractivity contribution in [3.05, 3.63) is 46.1 Å². The zero-order chi connectivity index (χ0) is 14.4. The number of hydrogen-bond acceptors (Lipinski definition) is 3. The van der Waals surface area contributed by atoms with Crippen LogP contribution in [0, 0.1) is 6.92 Å². The number of thiazole rings is 1. The summed E-state index contributed by atoms with van der Waals surface area (Å²) in [4.78, 5) is 16.7. The lowest BCUT2D eigenvalue weighted by Crippen LogP contribution is -2.02.